The SMILES string of the molecule is CCC1C(N)CC1c1cc2ccccc2s1. The topological polar surface area (TPSA) is 26.0 Å². The fraction of sp³-hybridized carbons (Fsp3) is 0.429. The second-order valence-electron chi connectivity index (χ2n) is 4.76. The van der Waals surface area contributed by atoms with E-state index >= 15 is 0 Å². The molecule has 84 valence electrons. The van der Waals surface area contributed by atoms with E-state index in [1.54, 1.807) is 0 Å². The van der Waals surface area contributed by atoms with Crippen LogP contribution >= 0.6 is 11.3 Å². The first-order valence-corrected chi connectivity index (χ1v) is 6.85. The van der Waals surface area contributed by atoms with E-state index < -0.39 is 0 Å². The van der Waals surface area contributed by atoms with Crippen LogP contribution in [0.5, 0.6) is 0 Å². The van der Waals surface area contributed by atoms with Gasteiger partial charge >= 0.3 is 0 Å². The van der Waals surface area contributed by atoms with Gasteiger partial charge in [-0.1, -0.05) is 31.5 Å². The standard InChI is InChI=1S/C14H17NS/c1-2-10-11(8-12(10)15)14-7-9-5-3-4-6-13(9)16-14/h3-7,10-12H,2,8,15H2,1H3. The van der Waals surface area contributed by atoms with Gasteiger partial charge in [0, 0.05) is 15.6 Å². The van der Waals surface area contributed by atoms with Crippen molar-refractivity contribution in [2.75, 3.05) is 0 Å². The van der Waals surface area contributed by atoms with E-state index in [1.807, 2.05) is 11.3 Å². The highest BCUT2D eigenvalue weighted by Gasteiger charge is 2.38. The van der Waals surface area contributed by atoms with Gasteiger partial charge in [-0.25, -0.2) is 0 Å². The van der Waals surface area contributed by atoms with Crippen LogP contribution in [-0.2, 0) is 0 Å². The fourth-order valence-electron chi connectivity index (χ4n) is 2.84. The molecule has 1 aromatic carbocycles. The van der Waals surface area contributed by atoms with Crippen LogP contribution in [0.2, 0.25) is 0 Å². The molecule has 0 radical (unpaired) electrons. The van der Waals surface area contributed by atoms with E-state index in [4.69, 9.17) is 5.73 Å². The minimum absolute atomic E-state index is 0.431. The van der Waals surface area contributed by atoms with Crippen molar-refractivity contribution >= 4 is 21.4 Å². The van der Waals surface area contributed by atoms with Crippen molar-refractivity contribution < 1.29 is 0 Å². The van der Waals surface area contributed by atoms with Gasteiger partial charge in [0.25, 0.3) is 0 Å². The number of thiophene rings is 1. The summed E-state index contributed by atoms with van der Waals surface area (Å²) in [7, 11) is 0. The Morgan fingerprint density at radius 2 is 2.19 bits per heavy atom. The maximum Gasteiger partial charge on any atom is 0.0345 e. The average Bonchev–Trinajstić information content (AvgIpc) is 2.69. The third-order valence-electron chi connectivity index (χ3n) is 3.87. The zero-order valence-electron chi connectivity index (χ0n) is 9.52. The van der Waals surface area contributed by atoms with E-state index in [1.165, 1.54) is 27.8 Å². The molecule has 1 aromatic heterocycles. The summed E-state index contributed by atoms with van der Waals surface area (Å²) in [5.74, 6) is 1.42. The molecule has 0 aliphatic heterocycles. The Hall–Kier alpha value is -0.860. The van der Waals surface area contributed by atoms with Crippen LogP contribution in [0.1, 0.15) is 30.6 Å². The van der Waals surface area contributed by atoms with Gasteiger partial charge in [-0.2, -0.15) is 0 Å². The molecule has 0 saturated heterocycles. The molecule has 1 saturated carbocycles. The third kappa shape index (κ3) is 1.48. The Balaban J connectivity index is 1.95. The Bertz CT molecular complexity index is 469. The van der Waals surface area contributed by atoms with Gasteiger partial charge in [-0.05, 0) is 35.8 Å². The Morgan fingerprint density at radius 1 is 1.38 bits per heavy atom. The number of rotatable bonds is 2. The molecule has 3 atom stereocenters. The lowest BCUT2D eigenvalue weighted by Gasteiger charge is -2.42. The zero-order valence-corrected chi connectivity index (χ0v) is 10.3. The smallest absolute Gasteiger partial charge is 0.0345 e. The first kappa shape index (κ1) is 10.3. The highest BCUT2D eigenvalue weighted by molar-refractivity contribution is 7.19. The molecule has 0 spiro atoms. The summed E-state index contributed by atoms with van der Waals surface area (Å²) in [6.07, 6.45) is 2.38. The van der Waals surface area contributed by atoms with Gasteiger partial charge in [-0.15, -0.1) is 11.3 Å². The predicted molar refractivity (Wildman–Crippen MR) is 70.9 cm³/mol. The van der Waals surface area contributed by atoms with Gasteiger partial charge in [0.2, 0.25) is 0 Å². The van der Waals surface area contributed by atoms with Crippen LogP contribution in [0.4, 0.5) is 0 Å². The molecule has 1 aliphatic carbocycles. The maximum absolute atomic E-state index is 6.06. The van der Waals surface area contributed by atoms with Crippen molar-refractivity contribution in [1.29, 1.82) is 0 Å². The lowest BCUT2D eigenvalue weighted by atomic mass is 9.67. The highest BCUT2D eigenvalue weighted by Crippen LogP contribution is 2.46. The van der Waals surface area contributed by atoms with E-state index in [-0.39, 0.29) is 0 Å². The van der Waals surface area contributed by atoms with E-state index in [0.717, 1.165) is 5.92 Å². The van der Waals surface area contributed by atoms with Crippen molar-refractivity contribution in [1.82, 2.24) is 0 Å². The number of fused-ring (bicyclic) bond motifs is 1. The molecular weight excluding hydrogens is 214 g/mol. The first-order chi connectivity index (χ1) is 7.79. The minimum atomic E-state index is 0.431. The van der Waals surface area contributed by atoms with Crippen molar-refractivity contribution in [3.8, 4) is 0 Å². The Labute approximate surface area is 100 Å². The molecule has 0 amide bonds. The first-order valence-electron chi connectivity index (χ1n) is 6.03. The number of nitrogens with two attached hydrogens (primary N) is 1. The summed E-state index contributed by atoms with van der Waals surface area (Å²) in [5, 5.41) is 1.39. The van der Waals surface area contributed by atoms with Crippen molar-refractivity contribution in [2.24, 2.45) is 11.7 Å². The van der Waals surface area contributed by atoms with Gasteiger partial charge in [-0.3, -0.25) is 0 Å². The second kappa shape index (κ2) is 3.86. The fourth-order valence-corrected chi connectivity index (χ4v) is 4.10. The molecule has 1 fully saturated rings. The van der Waals surface area contributed by atoms with Crippen LogP contribution in [0.3, 0.4) is 0 Å². The van der Waals surface area contributed by atoms with Gasteiger partial charge in [0.05, 0.1) is 0 Å². The molecule has 3 rings (SSSR count). The summed E-state index contributed by atoms with van der Waals surface area (Å²) >= 11 is 1.95. The molecule has 1 heterocycles. The van der Waals surface area contributed by atoms with Crippen LogP contribution in [0.15, 0.2) is 30.3 Å². The molecular formula is C14H17NS. The lowest BCUT2D eigenvalue weighted by Crippen LogP contribution is -2.45. The van der Waals surface area contributed by atoms with Gasteiger partial charge < -0.3 is 5.73 Å². The Kier molecular flexibility index (Phi) is 2.49. The lowest BCUT2D eigenvalue weighted by molar-refractivity contribution is 0.201. The summed E-state index contributed by atoms with van der Waals surface area (Å²) < 4.78 is 1.41. The monoisotopic (exact) mass is 231 g/mol. The normalized spacial score (nSPS) is 29.2. The summed E-state index contributed by atoms with van der Waals surface area (Å²) in [4.78, 5) is 1.54. The van der Waals surface area contributed by atoms with Crippen LogP contribution < -0.4 is 5.73 Å². The third-order valence-corrected chi connectivity index (χ3v) is 5.12. The minimum Gasteiger partial charge on any atom is -0.327 e. The molecule has 0 bridgehead atoms. The van der Waals surface area contributed by atoms with Gasteiger partial charge in [0.15, 0.2) is 0 Å². The molecule has 3 unspecified atom stereocenters. The number of benzene rings is 1. The Morgan fingerprint density at radius 3 is 2.88 bits per heavy atom. The number of hydrogen-bond acceptors (Lipinski definition) is 2. The van der Waals surface area contributed by atoms with E-state index in [9.17, 15) is 0 Å². The molecule has 2 N–H and O–H groups in total. The van der Waals surface area contributed by atoms with Crippen molar-refractivity contribution in [3.05, 3.63) is 35.2 Å². The average molecular weight is 231 g/mol. The second-order valence-corrected chi connectivity index (χ2v) is 5.88. The highest BCUT2D eigenvalue weighted by atomic mass is 32.1. The molecule has 2 aromatic rings. The maximum atomic E-state index is 6.06. The zero-order chi connectivity index (χ0) is 11.1. The molecule has 16 heavy (non-hydrogen) atoms. The van der Waals surface area contributed by atoms with Crippen LogP contribution in [-0.4, -0.2) is 6.04 Å². The predicted octanol–water partition coefficient (Wildman–Crippen LogP) is 3.74. The molecule has 1 nitrogen and oxygen atoms in total. The summed E-state index contributed by atoms with van der Waals surface area (Å²) in [6, 6.07) is 11.4. The summed E-state index contributed by atoms with van der Waals surface area (Å²) in [5.41, 5.74) is 6.06. The quantitative estimate of drug-likeness (QED) is 0.837. The molecule has 2 heteroatoms. The van der Waals surface area contributed by atoms with E-state index in [2.05, 4.69) is 37.3 Å². The molecule has 1 aliphatic rings. The number of hydrogen-bond donors (Lipinski definition) is 1. The largest absolute Gasteiger partial charge is 0.327 e. The van der Waals surface area contributed by atoms with Crippen LogP contribution in [0.25, 0.3) is 10.1 Å². The van der Waals surface area contributed by atoms with Crippen molar-refractivity contribution in [3.63, 3.8) is 0 Å². The van der Waals surface area contributed by atoms with Gasteiger partial charge in [0.1, 0.15) is 0 Å². The summed E-state index contributed by atoms with van der Waals surface area (Å²) in [6.45, 7) is 2.25. The van der Waals surface area contributed by atoms with Crippen LogP contribution in [0, 0.1) is 5.92 Å². The van der Waals surface area contributed by atoms with Crippen molar-refractivity contribution in [2.45, 2.75) is 31.7 Å². The van der Waals surface area contributed by atoms with E-state index in [0.29, 0.717) is 12.0 Å².